The maximum absolute atomic E-state index is 12.2. The van der Waals surface area contributed by atoms with Crippen molar-refractivity contribution in [2.24, 2.45) is 0 Å². The van der Waals surface area contributed by atoms with Crippen LogP contribution in [0.5, 0.6) is 5.75 Å². The third-order valence-corrected chi connectivity index (χ3v) is 3.43. The van der Waals surface area contributed by atoms with E-state index in [1.54, 1.807) is 11.1 Å². The lowest BCUT2D eigenvalue weighted by Gasteiger charge is -2.26. The molecular weight excluding hydrogens is 313 g/mol. The predicted molar refractivity (Wildman–Crippen MR) is 74.8 cm³/mol. The molecule has 2 amide bonds. The van der Waals surface area contributed by atoms with Crippen molar-refractivity contribution in [3.8, 4) is 5.75 Å². The van der Waals surface area contributed by atoms with Gasteiger partial charge >= 0.3 is 12.4 Å². The van der Waals surface area contributed by atoms with Crippen LogP contribution in [0.25, 0.3) is 0 Å². The second kappa shape index (κ2) is 5.82. The Labute approximate surface area is 129 Å². The third-order valence-electron chi connectivity index (χ3n) is 3.43. The van der Waals surface area contributed by atoms with E-state index in [0.717, 1.165) is 23.4 Å². The molecule has 0 unspecified atom stereocenters. The van der Waals surface area contributed by atoms with Gasteiger partial charge in [0.15, 0.2) is 0 Å². The second-order valence-corrected chi connectivity index (χ2v) is 5.05. The zero-order valence-electron chi connectivity index (χ0n) is 11.9. The number of carbonyl (C=O) groups excluding carboxylic acids is 1. The summed E-state index contributed by atoms with van der Waals surface area (Å²) in [6, 6.07) is 4.68. The molecule has 1 aromatic heterocycles. The average molecular weight is 326 g/mol. The van der Waals surface area contributed by atoms with E-state index in [0.29, 0.717) is 25.2 Å². The minimum atomic E-state index is -4.74. The van der Waals surface area contributed by atoms with E-state index in [-0.39, 0.29) is 11.8 Å². The number of alkyl halides is 3. The molecule has 1 aliphatic rings. The van der Waals surface area contributed by atoms with E-state index in [2.05, 4.69) is 20.3 Å². The lowest BCUT2D eigenvalue weighted by Crippen LogP contribution is -2.38. The first-order chi connectivity index (χ1) is 10.9. The van der Waals surface area contributed by atoms with Crippen molar-refractivity contribution in [2.45, 2.75) is 19.3 Å². The average Bonchev–Trinajstić information content (AvgIpc) is 2.95. The summed E-state index contributed by atoms with van der Waals surface area (Å²) in [6.07, 6.45) is -2.37. The van der Waals surface area contributed by atoms with Crippen LogP contribution >= 0.6 is 0 Å². The van der Waals surface area contributed by atoms with Gasteiger partial charge in [0.1, 0.15) is 5.75 Å². The van der Waals surface area contributed by atoms with Crippen molar-refractivity contribution in [2.75, 3.05) is 11.9 Å². The monoisotopic (exact) mass is 326 g/mol. The molecule has 0 fully saturated rings. The molecule has 0 atom stereocenters. The van der Waals surface area contributed by atoms with Gasteiger partial charge in [-0.2, -0.15) is 5.10 Å². The summed E-state index contributed by atoms with van der Waals surface area (Å²) in [6.45, 7) is 0.975. The Hall–Kier alpha value is -2.71. The van der Waals surface area contributed by atoms with Gasteiger partial charge in [-0.1, -0.05) is 0 Å². The minimum Gasteiger partial charge on any atom is -0.406 e. The molecule has 0 bridgehead atoms. The first-order valence-electron chi connectivity index (χ1n) is 6.83. The number of hydrogen-bond acceptors (Lipinski definition) is 3. The van der Waals surface area contributed by atoms with Gasteiger partial charge < -0.3 is 15.0 Å². The zero-order chi connectivity index (χ0) is 16.4. The molecule has 0 aliphatic carbocycles. The number of halogens is 3. The van der Waals surface area contributed by atoms with Crippen molar-refractivity contribution >= 4 is 11.7 Å². The highest BCUT2D eigenvalue weighted by Gasteiger charge is 2.31. The van der Waals surface area contributed by atoms with Gasteiger partial charge in [0, 0.05) is 29.9 Å². The van der Waals surface area contributed by atoms with Crippen LogP contribution in [-0.4, -0.2) is 34.0 Å². The maximum Gasteiger partial charge on any atom is 0.573 e. The van der Waals surface area contributed by atoms with E-state index in [1.807, 2.05) is 0 Å². The third kappa shape index (κ3) is 3.74. The largest absolute Gasteiger partial charge is 0.573 e. The van der Waals surface area contributed by atoms with Gasteiger partial charge in [-0.05, 0) is 24.3 Å². The normalized spacial score (nSPS) is 14.3. The van der Waals surface area contributed by atoms with Crippen LogP contribution < -0.4 is 10.1 Å². The predicted octanol–water partition coefficient (Wildman–Crippen LogP) is 2.90. The van der Waals surface area contributed by atoms with Gasteiger partial charge in [0.25, 0.3) is 0 Å². The topological polar surface area (TPSA) is 70.2 Å². The highest BCUT2D eigenvalue weighted by atomic mass is 19.4. The van der Waals surface area contributed by atoms with Crippen LogP contribution in [0, 0.1) is 0 Å². The van der Waals surface area contributed by atoms with Crippen LogP contribution in [0.15, 0.2) is 30.5 Å². The number of ether oxygens (including phenoxy) is 1. The number of aromatic nitrogens is 2. The number of urea groups is 1. The molecule has 1 aliphatic heterocycles. The van der Waals surface area contributed by atoms with Crippen molar-refractivity contribution < 1.29 is 22.7 Å². The molecular formula is C14H13F3N4O2. The fourth-order valence-electron chi connectivity index (χ4n) is 2.34. The van der Waals surface area contributed by atoms with E-state index in [1.165, 1.54) is 12.1 Å². The Morgan fingerprint density at radius 1 is 1.30 bits per heavy atom. The molecule has 6 nitrogen and oxygen atoms in total. The fourth-order valence-corrected chi connectivity index (χ4v) is 2.34. The summed E-state index contributed by atoms with van der Waals surface area (Å²) in [5.41, 5.74) is 2.37. The van der Waals surface area contributed by atoms with Crippen LogP contribution in [0.3, 0.4) is 0 Å². The summed E-state index contributed by atoms with van der Waals surface area (Å²) in [5, 5.41) is 9.45. The molecule has 2 N–H and O–H groups in total. The number of fused-ring (bicyclic) bond motifs is 1. The lowest BCUT2D eigenvalue weighted by molar-refractivity contribution is -0.274. The standard InChI is InChI=1S/C14H13F3N4O2/c15-14(16,17)23-11-3-1-10(2-4-11)19-13(22)21-6-5-12-9(8-21)7-18-20-12/h1-4,7H,5-6,8H2,(H,18,20)(H,19,22). The molecule has 9 heteroatoms. The Bertz CT molecular complexity index is 697. The number of aromatic amines is 1. The molecule has 3 rings (SSSR count). The fraction of sp³-hybridized carbons (Fsp3) is 0.286. The zero-order valence-corrected chi connectivity index (χ0v) is 11.9. The molecule has 0 saturated heterocycles. The van der Waals surface area contributed by atoms with Crippen molar-refractivity contribution in [1.82, 2.24) is 15.1 Å². The Balaban J connectivity index is 1.60. The van der Waals surface area contributed by atoms with Crippen molar-refractivity contribution in [3.05, 3.63) is 41.7 Å². The number of amides is 2. The summed E-state index contributed by atoms with van der Waals surface area (Å²) in [5.74, 6) is -0.337. The van der Waals surface area contributed by atoms with Gasteiger partial charge in [0.05, 0.1) is 12.7 Å². The summed E-state index contributed by atoms with van der Waals surface area (Å²) in [4.78, 5) is 13.8. The number of anilines is 1. The second-order valence-electron chi connectivity index (χ2n) is 5.05. The van der Waals surface area contributed by atoms with E-state index in [9.17, 15) is 18.0 Å². The number of rotatable bonds is 2. The maximum atomic E-state index is 12.2. The smallest absolute Gasteiger partial charge is 0.406 e. The first kappa shape index (κ1) is 15.2. The molecule has 1 aromatic carbocycles. The SMILES string of the molecule is O=C(Nc1ccc(OC(F)(F)F)cc1)N1CCc2[nH]ncc2C1. The van der Waals surface area contributed by atoms with E-state index in [4.69, 9.17) is 0 Å². The van der Waals surface area contributed by atoms with Crippen molar-refractivity contribution in [1.29, 1.82) is 0 Å². The first-order valence-corrected chi connectivity index (χ1v) is 6.83. The Kier molecular flexibility index (Phi) is 3.85. The van der Waals surface area contributed by atoms with Gasteiger partial charge in [-0.15, -0.1) is 13.2 Å². The molecule has 2 heterocycles. The molecule has 122 valence electrons. The summed E-state index contributed by atoms with van der Waals surface area (Å²) >= 11 is 0. The molecule has 2 aromatic rings. The number of carbonyl (C=O) groups is 1. The van der Waals surface area contributed by atoms with Crippen molar-refractivity contribution in [3.63, 3.8) is 0 Å². The number of hydrogen-bond donors (Lipinski definition) is 2. The molecule has 0 saturated carbocycles. The van der Waals surface area contributed by atoms with Crippen LogP contribution in [-0.2, 0) is 13.0 Å². The van der Waals surface area contributed by atoms with Gasteiger partial charge in [-0.25, -0.2) is 4.79 Å². The van der Waals surface area contributed by atoms with Gasteiger partial charge in [-0.3, -0.25) is 5.10 Å². The van der Waals surface area contributed by atoms with E-state index < -0.39 is 6.36 Å². The molecule has 0 spiro atoms. The number of benzene rings is 1. The quantitative estimate of drug-likeness (QED) is 0.891. The number of nitrogens with zero attached hydrogens (tertiary/aromatic N) is 2. The van der Waals surface area contributed by atoms with Crippen LogP contribution in [0.1, 0.15) is 11.3 Å². The molecule has 23 heavy (non-hydrogen) atoms. The number of H-pyrrole nitrogens is 1. The summed E-state index contributed by atoms with van der Waals surface area (Å²) in [7, 11) is 0. The molecule has 0 radical (unpaired) electrons. The van der Waals surface area contributed by atoms with E-state index >= 15 is 0 Å². The van der Waals surface area contributed by atoms with Gasteiger partial charge in [0.2, 0.25) is 0 Å². The van der Waals surface area contributed by atoms with Crippen LogP contribution in [0.2, 0.25) is 0 Å². The highest BCUT2D eigenvalue weighted by molar-refractivity contribution is 5.89. The minimum absolute atomic E-state index is 0.318. The summed E-state index contributed by atoms with van der Waals surface area (Å²) < 4.78 is 40.0. The van der Waals surface area contributed by atoms with Crippen LogP contribution in [0.4, 0.5) is 23.7 Å². The lowest BCUT2D eigenvalue weighted by atomic mass is 10.1. The Morgan fingerprint density at radius 3 is 2.74 bits per heavy atom. The Morgan fingerprint density at radius 2 is 2.04 bits per heavy atom. The number of nitrogens with one attached hydrogen (secondary N) is 2. The highest BCUT2D eigenvalue weighted by Crippen LogP contribution is 2.24.